The molecule has 3 rings (SSSR count). The molecular weight excluding hydrogens is 224 g/mol. The lowest BCUT2D eigenvalue weighted by Crippen LogP contribution is -2.08. The number of H-pyrrole nitrogens is 1. The number of fused-ring (bicyclic) bond motifs is 1. The van der Waals surface area contributed by atoms with Crippen molar-refractivity contribution in [1.29, 1.82) is 0 Å². The molecule has 2 aromatic rings. The van der Waals surface area contributed by atoms with Gasteiger partial charge in [0.25, 0.3) is 0 Å². The van der Waals surface area contributed by atoms with E-state index in [4.69, 9.17) is 16.3 Å². The number of benzene rings is 1. The van der Waals surface area contributed by atoms with Crippen LogP contribution < -0.4 is 0 Å². The van der Waals surface area contributed by atoms with Gasteiger partial charge in [-0.15, -0.1) is 0 Å². The standard InChI is InChI=1S/C12H11ClN2O/c13-10-4-2-1-3-8(10)12-9-7-16-6-5-11(9)14-15-12/h1-4H,5-7H2,(H,14,15). The maximum atomic E-state index is 6.16. The van der Waals surface area contributed by atoms with E-state index in [1.165, 1.54) is 5.69 Å². The van der Waals surface area contributed by atoms with E-state index in [9.17, 15) is 0 Å². The molecule has 82 valence electrons. The number of aromatic nitrogens is 2. The van der Waals surface area contributed by atoms with E-state index < -0.39 is 0 Å². The Bertz CT molecular complexity index is 521. The molecule has 2 heterocycles. The summed E-state index contributed by atoms with van der Waals surface area (Å²) < 4.78 is 5.45. The van der Waals surface area contributed by atoms with Crippen molar-refractivity contribution in [2.75, 3.05) is 6.61 Å². The largest absolute Gasteiger partial charge is 0.376 e. The minimum Gasteiger partial charge on any atom is -0.376 e. The molecule has 0 aliphatic carbocycles. The lowest BCUT2D eigenvalue weighted by atomic mass is 10.0. The lowest BCUT2D eigenvalue weighted by molar-refractivity contribution is 0.110. The van der Waals surface area contributed by atoms with Crippen LogP contribution >= 0.6 is 11.6 Å². The Hall–Kier alpha value is -1.32. The van der Waals surface area contributed by atoms with Gasteiger partial charge in [-0.1, -0.05) is 29.8 Å². The zero-order valence-corrected chi connectivity index (χ0v) is 9.42. The summed E-state index contributed by atoms with van der Waals surface area (Å²) in [5.74, 6) is 0. The Labute approximate surface area is 98.4 Å². The van der Waals surface area contributed by atoms with E-state index in [1.54, 1.807) is 0 Å². The molecule has 0 spiro atoms. The molecule has 1 aromatic heterocycles. The number of rotatable bonds is 1. The second-order valence-electron chi connectivity index (χ2n) is 3.81. The van der Waals surface area contributed by atoms with Crippen LogP contribution in [0.4, 0.5) is 0 Å². The third kappa shape index (κ3) is 1.52. The van der Waals surface area contributed by atoms with Gasteiger partial charge in [0.05, 0.1) is 23.9 Å². The van der Waals surface area contributed by atoms with Crippen molar-refractivity contribution >= 4 is 11.6 Å². The highest BCUT2D eigenvalue weighted by molar-refractivity contribution is 6.33. The van der Waals surface area contributed by atoms with Crippen LogP contribution in [0.5, 0.6) is 0 Å². The van der Waals surface area contributed by atoms with Crippen molar-refractivity contribution in [1.82, 2.24) is 10.2 Å². The summed E-state index contributed by atoms with van der Waals surface area (Å²) in [5, 5.41) is 8.13. The normalized spacial score (nSPS) is 14.8. The predicted molar refractivity (Wildman–Crippen MR) is 62.4 cm³/mol. The first-order chi connectivity index (χ1) is 7.86. The van der Waals surface area contributed by atoms with Gasteiger partial charge in [0, 0.05) is 23.2 Å². The maximum absolute atomic E-state index is 6.16. The Morgan fingerprint density at radius 2 is 2.19 bits per heavy atom. The van der Waals surface area contributed by atoms with Crippen LogP contribution in [0.2, 0.25) is 5.02 Å². The van der Waals surface area contributed by atoms with Gasteiger partial charge in [0.15, 0.2) is 0 Å². The molecule has 0 saturated carbocycles. The first-order valence-corrected chi connectivity index (χ1v) is 5.63. The fraction of sp³-hybridized carbons (Fsp3) is 0.250. The molecule has 1 aliphatic heterocycles. The van der Waals surface area contributed by atoms with Gasteiger partial charge in [0.2, 0.25) is 0 Å². The van der Waals surface area contributed by atoms with Crippen LogP contribution in [0.15, 0.2) is 24.3 Å². The van der Waals surface area contributed by atoms with Crippen LogP contribution in [0.1, 0.15) is 11.3 Å². The summed E-state index contributed by atoms with van der Waals surface area (Å²) in [7, 11) is 0. The van der Waals surface area contributed by atoms with Gasteiger partial charge in [-0.05, 0) is 6.07 Å². The van der Waals surface area contributed by atoms with Gasteiger partial charge in [-0.2, -0.15) is 5.10 Å². The van der Waals surface area contributed by atoms with Crippen molar-refractivity contribution < 1.29 is 4.74 Å². The minimum absolute atomic E-state index is 0.617. The lowest BCUT2D eigenvalue weighted by Gasteiger charge is -2.12. The van der Waals surface area contributed by atoms with Crippen LogP contribution in [-0.2, 0) is 17.8 Å². The van der Waals surface area contributed by atoms with Gasteiger partial charge in [0.1, 0.15) is 0 Å². The summed E-state index contributed by atoms with van der Waals surface area (Å²) in [4.78, 5) is 0. The molecule has 0 atom stereocenters. The Balaban J connectivity index is 2.13. The van der Waals surface area contributed by atoms with Crippen LogP contribution in [0, 0.1) is 0 Å². The van der Waals surface area contributed by atoms with Gasteiger partial charge in [-0.3, -0.25) is 5.10 Å². The molecule has 0 unspecified atom stereocenters. The number of aromatic amines is 1. The molecule has 1 aromatic carbocycles. The Morgan fingerprint density at radius 3 is 3.06 bits per heavy atom. The zero-order valence-electron chi connectivity index (χ0n) is 8.66. The summed E-state index contributed by atoms with van der Waals surface area (Å²) in [6.45, 7) is 1.38. The fourth-order valence-corrected chi connectivity index (χ4v) is 2.21. The van der Waals surface area contributed by atoms with Crippen LogP contribution in [0.3, 0.4) is 0 Å². The minimum atomic E-state index is 0.617. The molecular formula is C12H11ClN2O. The number of nitrogens with one attached hydrogen (secondary N) is 1. The topological polar surface area (TPSA) is 37.9 Å². The first-order valence-electron chi connectivity index (χ1n) is 5.25. The highest BCUT2D eigenvalue weighted by Crippen LogP contribution is 2.31. The molecule has 0 radical (unpaired) electrons. The summed E-state index contributed by atoms with van der Waals surface area (Å²) in [6, 6.07) is 7.74. The molecule has 4 heteroatoms. The van der Waals surface area contributed by atoms with Gasteiger partial charge in [-0.25, -0.2) is 0 Å². The molecule has 16 heavy (non-hydrogen) atoms. The van der Waals surface area contributed by atoms with E-state index in [0.717, 1.165) is 34.9 Å². The van der Waals surface area contributed by atoms with Gasteiger partial charge >= 0.3 is 0 Å². The molecule has 1 aliphatic rings. The number of hydrogen-bond donors (Lipinski definition) is 1. The number of nitrogens with zero attached hydrogens (tertiary/aromatic N) is 1. The quantitative estimate of drug-likeness (QED) is 0.824. The Kier molecular flexibility index (Phi) is 2.42. The zero-order chi connectivity index (χ0) is 11.0. The van der Waals surface area contributed by atoms with Crippen molar-refractivity contribution in [3.8, 4) is 11.3 Å². The Morgan fingerprint density at radius 1 is 1.31 bits per heavy atom. The average Bonchev–Trinajstić information content (AvgIpc) is 2.74. The number of ether oxygens (including phenoxy) is 1. The van der Waals surface area contributed by atoms with Crippen molar-refractivity contribution in [3.05, 3.63) is 40.5 Å². The third-order valence-electron chi connectivity index (χ3n) is 2.82. The molecule has 1 N–H and O–H groups in total. The second-order valence-corrected chi connectivity index (χ2v) is 4.22. The molecule has 0 bridgehead atoms. The number of hydrogen-bond acceptors (Lipinski definition) is 2. The van der Waals surface area contributed by atoms with Crippen molar-refractivity contribution in [2.45, 2.75) is 13.0 Å². The van der Waals surface area contributed by atoms with Crippen LogP contribution in [-0.4, -0.2) is 16.8 Å². The van der Waals surface area contributed by atoms with Gasteiger partial charge < -0.3 is 4.74 Å². The van der Waals surface area contributed by atoms with Crippen LogP contribution in [0.25, 0.3) is 11.3 Å². The molecule has 3 nitrogen and oxygen atoms in total. The van der Waals surface area contributed by atoms with E-state index in [-0.39, 0.29) is 0 Å². The average molecular weight is 235 g/mol. The van der Waals surface area contributed by atoms with Crippen molar-refractivity contribution in [3.63, 3.8) is 0 Å². The molecule has 0 saturated heterocycles. The summed E-state index contributed by atoms with van der Waals surface area (Å²) in [5.41, 5.74) is 4.19. The van der Waals surface area contributed by atoms with E-state index >= 15 is 0 Å². The SMILES string of the molecule is Clc1ccccc1-c1n[nH]c2c1COCC2. The molecule has 0 amide bonds. The smallest absolute Gasteiger partial charge is 0.0993 e. The third-order valence-corrected chi connectivity index (χ3v) is 3.15. The van der Waals surface area contributed by atoms with E-state index in [2.05, 4.69) is 10.2 Å². The second kappa shape index (κ2) is 3.92. The fourth-order valence-electron chi connectivity index (χ4n) is 1.99. The predicted octanol–water partition coefficient (Wildman–Crippen LogP) is 2.80. The first kappa shape index (κ1) is 9.87. The molecule has 0 fully saturated rings. The van der Waals surface area contributed by atoms with E-state index in [0.29, 0.717) is 6.61 Å². The monoisotopic (exact) mass is 234 g/mol. The highest BCUT2D eigenvalue weighted by atomic mass is 35.5. The summed E-state index contributed by atoms with van der Waals surface area (Å²) >= 11 is 6.16. The van der Waals surface area contributed by atoms with Crippen molar-refractivity contribution in [2.24, 2.45) is 0 Å². The summed E-state index contributed by atoms with van der Waals surface area (Å²) in [6.07, 6.45) is 0.896. The number of halogens is 1. The van der Waals surface area contributed by atoms with E-state index in [1.807, 2.05) is 24.3 Å². The maximum Gasteiger partial charge on any atom is 0.0993 e. The highest BCUT2D eigenvalue weighted by Gasteiger charge is 2.19.